The molecule has 0 saturated heterocycles. The van der Waals surface area contributed by atoms with Crippen LogP contribution in [0.1, 0.15) is 46.0 Å². The fourth-order valence-corrected chi connectivity index (χ4v) is 4.30. The van der Waals surface area contributed by atoms with Crippen molar-refractivity contribution in [3.63, 3.8) is 0 Å². The molecule has 2 saturated carbocycles. The minimum Gasteiger partial charge on any atom is -0.478 e. The van der Waals surface area contributed by atoms with Crippen molar-refractivity contribution in [2.24, 2.45) is 17.3 Å². The van der Waals surface area contributed by atoms with Gasteiger partial charge in [0.15, 0.2) is 0 Å². The lowest BCUT2D eigenvalue weighted by Crippen LogP contribution is -2.54. The minimum atomic E-state index is -1.05. The van der Waals surface area contributed by atoms with Gasteiger partial charge in [0.05, 0.1) is 11.7 Å². The average molecular weight is 268 g/mol. The Morgan fingerprint density at radius 1 is 1.32 bits per heavy atom. The van der Waals surface area contributed by atoms with E-state index in [1.807, 2.05) is 6.92 Å². The molecule has 0 radical (unpaired) electrons. The van der Waals surface area contributed by atoms with E-state index >= 15 is 0 Å². The van der Waals surface area contributed by atoms with Gasteiger partial charge in [0.25, 0.3) is 0 Å². The second-order valence-corrected chi connectivity index (χ2v) is 6.86. The first-order chi connectivity index (χ1) is 8.67. The number of carboxylic acids is 1. The summed E-state index contributed by atoms with van der Waals surface area (Å²) in [5.74, 6) is -1.47. The lowest BCUT2D eigenvalue weighted by atomic mass is 9.52. The molecule has 0 bridgehead atoms. The summed E-state index contributed by atoms with van der Waals surface area (Å²) < 4.78 is 0. The second kappa shape index (κ2) is 4.60. The maximum Gasteiger partial charge on any atom is 0.331 e. The molecule has 2 fully saturated rings. The summed E-state index contributed by atoms with van der Waals surface area (Å²) >= 11 is 0. The van der Waals surface area contributed by atoms with Gasteiger partial charge in [0, 0.05) is 11.5 Å². The lowest BCUT2D eigenvalue weighted by molar-refractivity contribution is -0.150. The van der Waals surface area contributed by atoms with E-state index in [1.165, 1.54) is 0 Å². The molecule has 0 heterocycles. The van der Waals surface area contributed by atoms with Crippen LogP contribution in [0.2, 0.25) is 0 Å². The molecular weight excluding hydrogens is 244 g/mol. The minimum absolute atomic E-state index is 0.0262. The number of hydrogen-bond acceptors (Lipinski definition) is 3. The van der Waals surface area contributed by atoms with Crippen molar-refractivity contribution in [3.05, 3.63) is 12.2 Å². The van der Waals surface area contributed by atoms with Gasteiger partial charge in [-0.15, -0.1) is 0 Å². The monoisotopic (exact) mass is 268 g/mol. The van der Waals surface area contributed by atoms with Gasteiger partial charge in [-0.05, 0) is 43.9 Å². The van der Waals surface area contributed by atoms with Crippen LogP contribution in [0, 0.1) is 17.3 Å². The summed E-state index contributed by atoms with van der Waals surface area (Å²) in [4.78, 5) is 11.1. The molecule has 2 aliphatic rings. The molecule has 4 nitrogen and oxygen atoms in total. The summed E-state index contributed by atoms with van der Waals surface area (Å²) in [6.45, 7) is 7.54. The Labute approximate surface area is 114 Å². The summed E-state index contributed by atoms with van der Waals surface area (Å²) in [6, 6.07) is 0. The van der Waals surface area contributed by atoms with Gasteiger partial charge in [-0.25, -0.2) is 4.79 Å². The molecule has 2 rings (SSSR count). The average Bonchev–Trinajstić information content (AvgIpc) is 2.26. The van der Waals surface area contributed by atoms with Gasteiger partial charge in [-0.1, -0.05) is 19.9 Å². The molecule has 0 aromatic rings. The number of aliphatic hydroxyl groups excluding tert-OH is 1. The van der Waals surface area contributed by atoms with Crippen molar-refractivity contribution in [3.8, 4) is 0 Å². The predicted octanol–water partition coefficient (Wildman–Crippen LogP) is 1.96. The number of fused-ring (bicyclic) bond motifs is 1. The van der Waals surface area contributed by atoms with Crippen molar-refractivity contribution < 1.29 is 20.1 Å². The fraction of sp³-hybridized carbons (Fsp3) is 0.800. The Balaban J connectivity index is 2.27. The molecule has 0 aliphatic heterocycles. The molecule has 108 valence electrons. The number of carbonyl (C=O) groups is 1. The molecule has 0 amide bonds. The second-order valence-electron chi connectivity index (χ2n) is 6.86. The molecule has 0 aromatic carbocycles. The van der Waals surface area contributed by atoms with Gasteiger partial charge in [-0.2, -0.15) is 0 Å². The zero-order valence-corrected chi connectivity index (χ0v) is 11.7. The van der Waals surface area contributed by atoms with Crippen LogP contribution in [0.3, 0.4) is 0 Å². The van der Waals surface area contributed by atoms with Crippen LogP contribution in [0.5, 0.6) is 0 Å². The maximum absolute atomic E-state index is 11.1. The number of aliphatic carboxylic acids is 1. The first kappa shape index (κ1) is 14.5. The van der Waals surface area contributed by atoms with Crippen LogP contribution in [0.4, 0.5) is 0 Å². The SMILES string of the molecule is C=C(C(=O)O)[C@H]1CC2C(C)(O)CCC[C@]2(C)C[C@H]1O. The Morgan fingerprint density at radius 3 is 2.53 bits per heavy atom. The summed E-state index contributed by atoms with van der Waals surface area (Å²) in [7, 11) is 0. The van der Waals surface area contributed by atoms with Crippen molar-refractivity contribution in [2.45, 2.75) is 57.7 Å². The summed E-state index contributed by atoms with van der Waals surface area (Å²) in [6.07, 6.45) is 3.07. The van der Waals surface area contributed by atoms with Crippen molar-refractivity contribution in [2.75, 3.05) is 0 Å². The topological polar surface area (TPSA) is 77.8 Å². The standard InChI is InChI=1S/C15H24O4/c1-9(13(17)18)10-7-12-14(2,8-11(10)16)5-4-6-15(12,3)19/h10-12,16,19H,1,4-8H2,2-3H3,(H,17,18)/t10-,11-,12?,14-,15?/m1/s1. The molecule has 19 heavy (non-hydrogen) atoms. The van der Waals surface area contributed by atoms with E-state index in [2.05, 4.69) is 13.5 Å². The summed E-state index contributed by atoms with van der Waals surface area (Å²) in [5, 5.41) is 29.9. The molecule has 0 spiro atoms. The van der Waals surface area contributed by atoms with Gasteiger partial charge in [-0.3, -0.25) is 0 Å². The van der Waals surface area contributed by atoms with Gasteiger partial charge < -0.3 is 15.3 Å². The largest absolute Gasteiger partial charge is 0.478 e. The highest BCUT2D eigenvalue weighted by Gasteiger charge is 2.53. The van der Waals surface area contributed by atoms with Crippen LogP contribution in [0.25, 0.3) is 0 Å². The summed E-state index contributed by atoms with van der Waals surface area (Å²) in [5.41, 5.74) is -0.809. The van der Waals surface area contributed by atoms with Crippen LogP contribution in [-0.4, -0.2) is 33.0 Å². The molecular formula is C15H24O4. The third-order valence-electron chi connectivity index (χ3n) is 5.37. The van der Waals surface area contributed by atoms with Crippen molar-refractivity contribution >= 4 is 5.97 Å². The van der Waals surface area contributed by atoms with E-state index in [9.17, 15) is 15.0 Å². The number of rotatable bonds is 2. The van der Waals surface area contributed by atoms with Crippen LogP contribution in [0.15, 0.2) is 12.2 Å². The smallest absolute Gasteiger partial charge is 0.331 e. The Hall–Kier alpha value is -0.870. The molecule has 0 aromatic heterocycles. The molecule has 3 N–H and O–H groups in total. The molecule has 2 aliphatic carbocycles. The van der Waals surface area contributed by atoms with E-state index < -0.39 is 23.6 Å². The third kappa shape index (κ3) is 2.43. The van der Waals surface area contributed by atoms with Crippen molar-refractivity contribution in [1.29, 1.82) is 0 Å². The quantitative estimate of drug-likeness (QED) is 0.669. The molecule has 2 unspecified atom stereocenters. The Kier molecular flexibility index (Phi) is 3.52. The zero-order valence-electron chi connectivity index (χ0n) is 11.7. The van der Waals surface area contributed by atoms with Crippen molar-refractivity contribution in [1.82, 2.24) is 0 Å². The lowest BCUT2D eigenvalue weighted by Gasteiger charge is -2.55. The van der Waals surface area contributed by atoms with Gasteiger partial charge in [0.2, 0.25) is 0 Å². The number of aliphatic hydroxyl groups is 2. The zero-order chi connectivity index (χ0) is 14.4. The maximum atomic E-state index is 11.1. The fourth-order valence-electron chi connectivity index (χ4n) is 4.30. The molecule has 4 heteroatoms. The normalized spacial score (nSPS) is 46.4. The van der Waals surface area contributed by atoms with Crippen LogP contribution in [-0.2, 0) is 4.79 Å². The Bertz CT molecular complexity index is 401. The highest BCUT2D eigenvalue weighted by molar-refractivity contribution is 5.86. The van der Waals surface area contributed by atoms with E-state index in [1.54, 1.807) is 0 Å². The van der Waals surface area contributed by atoms with Gasteiger partial charge in [0.1, 0.15) is 0 Å². The number of carboxylic acid groups (broad SMARTS) is 1. The van der Waals surface area contributed by atoms with E-state index in [-0.39, 0.29) is 16.9 Å². The Morgan fingerprint density at radius 2 is 1.95 bits per heavy atom. The van der Waals surface area contributed by atoms with E-state index in [4.69, 9.17) is 5.11 Å². The first-order valence-electron chi connectivity index (χ1n) is 7.00. The highest BCUT2D eigenvalue weighted by Crippen LogP contribution is 2.56. The van der Waals surface area contributed by atoms with Crippen LogP contribution >= 0.6 is 0 Å². The third-order valence-corrected chi connectivity index (χ3v) is 5.37. The number of hydrogen-bond donors (Lipinski definition) is 3. The van der Waals surface area contributed by atoms with Crippen LogP contribution < -0.4 is 0 Å². The van der Waals surface area contributed by atoms with Gasteiger partial charge >= 0.3 is 5.97 Å². The van der Waals surface area contributed by atoms with E-state index in [0.717, 1.165) is 19.3 Å². The highest BCUT2D eigenvalue weighted by atomic mass is 16.4. The van der Waals surface area contributed by atoms with E-state index in [0.29, 0.717) is 12.8 Å². The first-order valence-corrected chi connectivity index (χ1v) is 7.00. The predicted molar refractivity (Wildman–Crippen MR) is 71.6 cm³/mol. The molecule has 5 atom stereocenters.